The Morgan fingerprint density at radius 1 is 0.394 bits per heavy atom. The van der Waals surface area contributed by atoms with Crippen molar-refractivity contribution in [2.24, 2.45) is 0 Å². The van der Waals surface area contributed by atoms with Gasteiger partial charge in [-0.15, -0.1) is 0 Å². The van der Waals surface area contributed by atoms with Crippen molar-refractivity contribution in [1.29, 1.82) is 0 Å². The molecule has 4 heterocycles. The van der Waals surface area contributed by atoms with Crippen LogP contribution in [0.5, 0.6) is 0 Å². The number of aryl methyl sites for hydroxylation is 9. The number of rotatable bonds is 0. The van der Waals surface area contributed by atoms with Gasteiger partial charge in [0.05, 0.1) is 27.1 Å². The van der Waals surface area contributed by atoms with Crippen LogP contribution in [0.25, 0.3) is 32.7 Å². The molecule has 0 amide bonds. The highest BCUT2D eigenvalue weighted by Crippen LogP contribution is 2.29. The summed E-state index contributed by atoms with van der Waals surface area (Å²) in [6.45, 7) is 37.9. The number of halogens is 4. The Morgan fingerprint density at radius 3 is 1.29 bits per heavy atom. The quantitative estimate of drug-likeness (QED) is 0.152. The molecule has 8 aromatic rings. The second-order valence-electron chi connectivity index (χ2n) is 13.6. The summed E-state index contributed by atoms with van der Waals surface area (Å²) in [5, 5.41) is 4.30. The van der Waals surface area contributed by atoms with E-state index in [-0.39, 0.29) is 0 Å². The van der Waals surface area contributed by atoms with Crippen LogP contribution in [0.3, 0.4) is 0 Å². The SMILES string of the molecule is CC.CC.CC.CC.CC.Cc1ccc(C(F)(F)F)cc1.Cc1ccc2c(C)ccc(C)c2n1.Cc1ccc2cccc(C)c2n1.Cc1ccc2cccc(Cl)c2n1.Cc1cnc(C)nc1. The van der Waals surface area contributed by atoms with Crippen molar-refractivity contribution >= 4 is 44.3 Å². The Hall–Kier alpha value is -5.73. The largest absolute Gasteiger partial charge is 0.416 e. The minimum absolute atomic E-state index is 0.594. The van der Waals surface area contributed by atoms with Crippen LogP contribution in [-0.4, -0.2) is 24.9 Å². The fourth-order valence-electron chi connectivity index (χ4n) is 5.40. The molecule has 0 aliphatic heterocycles. The summed E-state index contributed by atoms with van der Waals surface area (Å²) in [7, 11) is 0. The number of hydrogen-bond donors (Lipinski definition) is 0. The van der Waals surface area contributed by atoms with E-state index >= 15 is 0 Å². The minimum atomic E-state index is -4.21. The summed E-state index contributed by atoms with van der Waals surface area (Å²) in [5.41, 5.74) is 11.5. The van der Waals surface area contributed by atoms with Gasteiger partial charge in [0, 0.05) is 45.6 Å². The van der Waals surface area contributed by atoms with E-state index in [9.17, 15) is 13.2 Å². The van der Waals surface area contributed by atoms with E-state index in [0.29, 0.717) is 0 Å². The van der Waals surface area contributed by atoms with Crippen LogP contribution in [0.2, 0.25) is 5.02 Å². The van der Waals surface area contributed by atoms with E-state index in [0.717, 1.165) is 73.1 Å². The number of fused-ring (bicyclic) bond motifs is 3. The van der Waals surface area contributed by atoms with Gasteiger partial charge in [-0.25, -0.2) is 9.97 Å². The molecule has 0 saturated carbocycles. The molecule has 0 saturated heterocycles. The summed E-state index contributed by atoms with van der Waals surface area (Å²) in [6, 6.07) is 33.8. The van der Waals surface area contributed by atoms with Crippen LogP contribution in [-0.2, 0) is 6.18 Å². The van der Waals surface area contributed by atoms with Gasteiger partial charge >= 0.3 is 6.18 Å². The third-order valence-electron chi connectivity index (χ3n) is 8.58. The number of nitrogens with zero attached hydrogens (tertiary/aromatic N) is 5. The molecular weight excluding hydrogens is 847 g/mol. The number of aromatic nitrogens is 5. The van der Waals surface area contributed by atoms with Crippen LogP contribution < -0.4 is 0 Å². The van der Waals surface area contributed by atoms with Gasteiger partial charge in [-0.2, -0.15) is 13.2 Å². The first-order valence-corrected chi connectivity index (χ1v) is 23.5. The number of benzene rings is 4. The van der Waals surface area contributed by atoms with Crippen LogP contribution in [0.1, 0.15) is 126 Å². The maximum Gasteiger partial charge on any atom is 0.416 e. The Morgan fingerprint density at radius 2 is 0.803 bits per heavy atom. The lowest BCUT2D eigenvalue weighted by Crippen LogP contribution is -2.03. The van der Waals surface area contributed by atoms with Gasteiger partial charge in [-0.3, -0.25) is 15.0 Å². The lowest BCUT2D eigenvalue weighted by molar-refractivity contribution is -0.137. The van der Waals surface area contributed by atoms with Crippen molar-refractivity contribution in [3.05, 3.63) is 183 Å². The smallest absolute Gasteiger partial charge is 0.253 e. The highest BCUT2D eigenvalue weighted by Gasteiger charge is 2.29. The molecule has 0 unspecified atom stereocenters. The average molecular weight is 925 g/mol. The molecule has 0 N–H and O–H groups in total. The molecule has 0 atom stereocenters. The van der Waals surface area contributed by atoms with Crippen molar-refractivity contribution < 1.29 is 13.2 Å². The number of hydrogen-bond acceptors (Lipinski definition) is 5. The van der Waals surface area contributed by atoms with E-state index in [1.54, 1.807) is 6.92 Å². The van der Waals surface area contributed by atoms with Gasteiger partial charge in [0.25, 0.3) is 0 Å². The maximum atomic E-state index is 11.9. The molecule has 8 rings (SSSR count). The minimum Gasteiger partial charge on any atom is -0.253 e. The van der Waals surface area contributed by atoms with Crippen molar-refractivity contribution in [2.75, 3.05) is 0 Å². The summed E-state index contributed by atoms with van der Waals surface area (Å²) >= 11 is 5.97. The monoisotopic (exact) mass is 924 g/mol. The summed E-state index contributed by atoms with van der Waals surface area (Å²) in [5.74, 6) is 0.829. The standard InChI is InChI=1S/C12H13N.C11H11N.C10H8ClN.C8H7F3.C6H8N2.5C2H6/c1-8-4-5-9(2)12-11(8)7-6-10(3)13-12;1-8-4-3-5-10-7-6-9(2)12-11(8)10;1-7-5-6-8-3-2-4-9(11)10(8)12-7;1-6-2-4-7(5-3-6)8(9,10)11;1-5-3-7-6(2)8-4-5;5*1-2/h4-7H,1-3H3;3-7H,1-2H3;2-6H,1H3;2-5H,1H3;3-4H,1-2H3;5*1-2H3. The third kappa shape index (κ3) is 22.4. The lowest BCUT2D eigenvalue weighted by Gasteiger charge is -2.05. The molecule has 0 fully saturated rings. The van der Waals surface area contributed by atoms with Crippen LogP contribution in [0.4, 0.5) is 13.2 Å². The first-order valence-electron chi connectivity index (χ1n) is 23.1. The topological polar surface area (TPSA) is 64.5 Å². The van der Waals surface area contributed by atoms with Gasteiger partial charge in [0.15, 0.2) is 0 Å². The molecule has 9 heteroatoms. The van der Waals surface area contributed by atoms with E-state index in [1.165, 1.54) is 39.6 Å². The van der Waals surface area contributed by atoms with Gasteiger partial charge < -0.3 is 0 Å². The maximum absolute atomic E-state index is 11.9. The number of pyridine rings is 3. The van der Waals surface area contributed by atoms with Crippen LogP contribution in [0, 0.1) is 62.3 Å². The summed E-state index contributed by atoms with van der Waals surface area (Å²) in [4.78, 5) is 21.3. The summed E-state index contributed by atoms with van der Waals surface area (Å²) in [6.07, 6.45) is -0.599. The van der Waals surface area contributed by atoms with Gasteiger partial charge in [0.1, 0.15) is 5.82 Å². The Balaban J connectivity index is 0. The predicted molar refractivity (Wildman–Crippen MR) is 283 cm³/mol. The Bertz CT molecular complexity index is 2410. The zero-order valence-corrected chi connectivity index (χ0v) is 44.1. The van der Waals surface area contributed by atoms with Crippen molar-refractivity contribution in [2.45, 2.75) is 138 Å². The number of alkyl halides is 3. The fourth-order valence-corrected chi connectivity index (χ4v) is 5.62. The molecule has 358 valence electrons. The molecule has 66 heavy (non-hydrogen) atoms. The highest BCUT2D eigenvalue weighted by atomic mass is 35.5. The second-order valence-corrected chi connectivity index (χ2v) is 14.0. The number of para-hydroxylation sites is 2. The van der Waals surface area contributed by atoms with Gasteiger partial charge in [-0.05, 0) is 121 Å². The molecular formula is C57H77ClF3N5. The first-order chi connectivity index (χ1) is 31.5. The highest BCUT2D eigenvalue weighted by molar-refractivity contribution is 6.35. The van der Waals surface area contributed by atoms with E-state index in [4.69, 9.17) is 11.6 Å². The van der Waals surface area contributed by atoms with Gasteiger partial charge in [-0.1, -0.05) is 159 Å². The molecule has 4 aromatic heterocycles. The van der Waals surface area contributed by atoms with Crippen molar-refractivity contribution in [3.63, 3.8) is 0 Å². The van der Waals surface area contributed by atoms with Crippen molar-refractivity contribution in [3.8, 4) is 0 Å². The predicted octanol–water partition coefficient (Wildman–Crippen LogP) is 18.4. The molecule has 0 aliphatic carbocycles. The Kier molecular flexibility index (Phi) is 32.7. The van der Waals surface area contributed by atoms with E-state index < -0.39 is 11.7 Å². The van der Waals surface area contributed by atoms with Crippen LogP contribution >= 0.6 is 11.6 Å². The van der Waals surface area contributed by atoms with Crippen molar-refractivity contribution in [1.82, 2.24) is 24.9 Å². The summed E-state index contributed by atoms with van der Waals surface area (Å²) < 4.78 is 35.8. The Labute approximate surface area is 401 Å². The second kappa shape index (κ2) is 34.6. The lowest BCUT2D eigenvalue weighted by atomic mass is 10.1. The normalized spacial score (nSPS) is 9.44. The molecule has 0 spiro atoms. The molecule has 5 nitrogen and oxygen atoms in total. The van der Waals surface area contributed by atoms with Crippen LogP contribution in [0.15, 0.2) is 122 Å². The fraction of sp³-hybridized carbons (Fsp3) is 0.351. The van der Waals surface area contributed by atoms with E-state index in [1.807, 2.05) is 153 Å². The molecule has 0 aliphatic rings. The zero-order chi connectivity index (χ0) is 51.0. The zero-order valence-electron chi connectivity index (χ0n) is 43.3. The average Bonchev–Trinajstić information content (AvgIpc) is 3.33. The van der Waals surface area contributed by atoms with Gasteiger partial charge in [0.2, 0.25) is 0 Å². The van der Waals surface area contributed by atoms with E-state index in [2.05, 4.69) is 94.2 Å². The first kappa shape index (κ1) is 62.4. The molecule has 0 radical (unpaired) electrons. The molecule has 0 bridgehead atoms. The third-order valence-corrected chi connectivity index (χ3v) is 8.88. The molecule has 4 aromatic carbocycles.